The zero-order valence-corrected chi connectivity index (χ0v) is 13.8. The Hall–Kier alpha value is -2.51. The second kappa shape index (κ2) is 6.72. The number of aryl methyl sites for hydroxylation is 1. The van der Waals surface area contributed by atoms with Crippen LogP contribution in [0.2, 0.25) is 0 Å². The van der Waals surface area contributed by atoms with Crippen molar-refractivity contribution in [2.45, 2.75) is 19.9 Å². The molecule has 0 spiro atoms. The normalized spacial score (nSPS) is 17.8. The highest BCUT2D eigenvalue weighted by Crippen LogP contribution is 2.14. The van der Waals surface area contributed by atoms with Gasteiger partial charge < -0.3 is 14.7 Å². The molecule has 1 saturated heterocycles. The molecular weight excluding hydrogens is 298 g/mol. The minimum Gasteiger partial charge on any atom is -0.347 e. The Morgan fingerprint density at radius 2 is 1.87 bits per heavy atom. The van der Waals surface area contributed by atoms with E-state index in [0.29, 0.717) is 13.1 Å². The van der Waals surface area contributed by atoms with E-state index in [2.05, 4.69) is 9.97 Å². The van der Waals surface area contributed by atoms with E-state index in [1.165, 1.54) is 29.1 Å². The Bertz CT molecular complexity index is 614. The van der Waals surface area contributed by atoms with Gasteiger partial charge in [-0.15, -0.1) is 0 Å². The Balaban J connectivity index is 2.19. The van der Waals surface area contributed by atoms with Crippen LogP contribution >= 0.6 is 0 Å². The first kappa shape index (κ1) is 16.9. The minimum absolute atomic E-state index is 0.158. The van der Waals surface area contributed by atoms with Gasteiger partial charge >= 0.3 is 0 Å². The number of piperazine rings is 1. The van der Waals surface area contributed by atoms with Crippen molar-refractivity contribution in [3.05, 3.63) is 23.8 Å². The van der Waals surface area contributed by atoms with E-state index >= 15 is 0 Å². The van der Waals surface area contributed by atoms with E-state index in [1.54, 1.807) is 25.9 Å². The molecule has 1 fully saturated rings. The summed E-state index contributed by atoms with van der Waals surface area (Å²) < 4.78 is 0. The van der Waals surface area contributed by atoms with Crippen LogP contribution in [0.3, 0.4) is 0 Å². The summed E-state index contributed by atoms with van der Waals surface area (Å²) in [5, 5.41) is 0. The molecule has 0 unspecified atom stereocenters. The lowest BCUT2D eigenvalue weighted by Crippen LogP contribution is -2.61. The van der Waals surface area contributed by atoms with Crippen LogP contribution in [-0.4, -0.2) is 82.2 Å². The number of carbonyl (C=O) groups is 3. The summed E-state index contributed by atoms with van der Waals surface area (Å²) in [5.41, 5.74) is 0.964. The average Bonchev–Trinajstić information content (AvgIpc) is 2.53. The van der Waals surface area contributed by atoms with E-state index in [1.807, 2.05) is 0 Å². The molecule has 1 aromatic rings. The van der Waals surface area contributed by atoms with Gasteiger partial charge in [0.2, 0.25) is 11.8 Å². The van der Waals surface area contributed by atoms with Gasteiger partial charge in [-0.2, -0.15) is 0 Å². The number of nitrogens with zero attached hydrogens (tertiary/aromatic N) is 5. The number of carbonyl (C=O) groups excluding carboxylic acids is 3. The average molecular weight is 319 g/mol. The number of hydrogen-bond acceptors (Lipinski definition) is 5. The standard InChI is InChI=1S/C15H21N5O3/c1-10-7-17-12(8-16-10)14(22)19-5-6-20(11(2)21)13(9-19)15(23)18(3)4/h7-8,13H,5-6,9H2,1-4H3/t13-/m0/s1. The molecule has 8 nitrogen and oxygen atoms in total. The van der Waals surface area contributed by atoms with E-state index in [4.69, 9.17) is 0 Å². The molecule has 0 saturated carbocycles. The number of amides is 3. The first-order valence-corrected chi connectivity index (χ1v) is 7.37. The predicted molar refractivity (Wildman–Crippen MR) is 82.5 cm³/mol. The summed E-state index contributed by atoms with van der Waals surface area (Å²) in [6, 6.07) is -0.668. The first-order valence-electron chi connectivity index (χ1n) is 7.37. The fraction of sp³-hybridized carbons (Fsp3) is 0.533. The zero-order valence-electron chi connectivity index (χ0n) is 13.8. The van der Waals surface area contributed by atoms with Crippen LogP contribution in [0.5, 0.6) is 0 Å². The highest BCUT2D eigenvalue weighted by molar-refractivity contribution is 5.93. The van der Waals surface area contributed by atoms with Gasteiger partial charge in [-0.1, -0.05) is 0 Å². The molecule has 2 rings (SSSR count). The number of hydrogen-bond donors (Lipinski definition) is 0. The van der Waals surface area contributed by atoms with Crippen molar-refractivity contribution in [2.75, 3.05) is 33.7 Å². The molecule has 23 heavy (non-hydrogen) atoms. The summed E-state index contributed by atoms with van der Waals surface area (Å²) in [4.78, 5) is 49.2. The summed E-state index contributed by atoms with van der Waals surface area (Å²) in [5.74, 6) is -0.655. The molecule has 2 heterocycles. The summed E-state index contributed by atoms with van der Waals surface area (Å²) in [6.45, 7) is 4.07. The van der Waals surface area contributed by atoms with Crippen molar-refractivity contribution < 1.29 is 14.4 Å². The lowest BCUT2D eigenvalue weighted by molar-refractivity contribution is -0.146. The molecule has 0 aromatic carbocycles. The number of aromatic nitrogens is 2. The molecule has 8 heteroatoms. The monoisotopic (exact) mass is 319 g/mol. The van der Waals surface area contributed by atoms with Crippen molar-refractivity contribution in [1.82, 2.24) is 24.7 Å². The van der Waals surface area contributed by atoms with E-state index in [0.717, 1.165) is 5.69 Å². The Morgan fingerprint density at radius 3 is 2.39 bits per heavy atom. The minimum atomic E-state index is -0.668. The van der Waals surface area contributed by atoms with Crippen molar-refractivity contribution >= 4 is 17.7 Å². The van der Waals surface area contributed by atoms with Crippen LogP contribution in [0, 0.1) is 6.92 Å². The molecule has 1 aliphatic heterocycles. The van der Waals surface area contributed by atoms with Gasteiger partial charge in [0.25, 0.3) is 5.91 Å². The third-order valence-electron chi connectivity index (χ3n) is 3.80. The topological polar surface area (TPSA) is 86.7 Å². The van der Waals surface area contributed by atoms with E-state index in [-0.39, 0.29) is 30.0 Å². The number of rotatable bonds is 2. The summed E-state index contributed by atoms with van der Waals surface area (Å²) >= 11 is 0. The van der Waals surface area contributed by atoms with Crippen LogP contribution in [-0.2, 0) is 9.59 Å². The molecule has 0 aliphatic carbocycles. The largest absolute Gasteiger partial charge is 0.347 e. The smallest absolute Gasteiger partial charge is 0.274 e. The molecule has 0 bridgehead atoms. The predicted octanol–water partition coefficient (Wildman–Crippen LogP) is -0.454. The van der Waals surface area contributed by atoms with E-state index in [9.17, 15) is 14.4 Å². The fourth-order valence-electron chi connectivity index (χ4n) is 2.52. The second-order valence-corrected chi connectivity index (χ2v) is 5.76. The van der Waals surface area contributed by atoms with Gasteiger partial charge in [0.1, 0.15) is 11.7 Å². The van der Waals surface area contributed by atoms with Crippen LogP contribution < -0.4 is 0 Å². The van der Waals surface area contributed by atoms with E-state index < -0.39 is 6.04 Å². The maximum absolute atomic E-state index is 12.5. The van der Waals surface area contributed by atoms with Crippen LogP contribution in [0.1, 0.15) is 23.1 Å². The van der Waals surface area contributed by atoms with Crippen LogP contribution in [0.15, 0.2) is 12.4 Å². The maximum Gasteiger partial charge on any atom is 0.274 e. The van der Waals surface area contributed by atoms with Gasteiger partial charge in [0, 0.05) is 40.3 Å². The molecule has 0 N–H and O–H groups in total. The quantitative estimate of drug-likeness (QED) is 0.736. The lowest BCUT2D eigenvalue weighted by Gasteiger charge is -2.40. The van der Waals surface area contributed by atoms with Crippen LogP contribution in [0.4, 0.5) is 0 Å². The molecule has 0 radical (unpaired) electrons. The zero-order chi connectivity index (χ0) is 17.1. The third kappa shape index (κ3) is 3.64. The fourth-order valence-corrected chi connectivity index (χ4v) is 2.52. The summed E-state index contributed by atoms with van der Waals surface area (Å²) in [7, 11) is 3.26. The Labute approximate surface area is 135 Å². The first-order chi connectivity index (χ1) is 10.8. The molecule has 1 aromatic heterocycles. The van der Waals surface area contributed by atoms with Crippen LogP contribution in [0.25, 0.3) is 0 Å². The Morgan fingerprint density at radius 1 is 1.17 bits per heavy atom. The molecule has 124 valence electrons. The van der Waals surface area contributed by atoms with Gasteiger partial charge in [-0.05, 0) is 6.92 Å². The SMILES string of the molecule is CC(=O)N1CCN(C(=O)c2cnc(C)cn2)C[C@H]1C(=O)N(C)C. The van der Waals surface area contributed by atoms with Gasteiger partial charge in [-0.3, -0.25) is 19.4 Å². The lowest BCUT2D eigenvalue weighted by atomic mass is 10.1. The molecular formula is C15H21N5O3. The van der Waals surface area contributed by atoms with Crippen molar-refractivity contribution in [3.8, 4) is 0 Å². The third-order valence-corrected chi connectivity index (χ3v) is 3.80. The Kier molecular flexibility index (Phi) is 4.92. The van der Waals surface area contributed by atoms with Crippen molar-refractivity contribution in [1.29, 1.82) is 0 Å². The highest BCUT2D eigenvalue weighted by Gasteiger charge is 2.36. The number of likely N-dealkylation sites (N-methyl/N-ethyl adjacent to an activating group) is 1. The molecule has 1 atom stereocenters. The van der Waals surface area contributed by atoms with Gasteiger partial charge in [-0.25, -0.2) is 4.98 Å². The van der Waals surface area contributed by atoms with Gasteiger partial charge in [0.15, 0.2) is 0 Å². The second-order valence-electron chi connectivity index (χ2n) is 5.76. The van der Waals surface area contributed by atoms with Crippen molar-refractivity contribution in [3.63, 3.8) is 0 Å². The highest BCUT2D eigenvalue weighted by atomic mass is 16.2. The molecule has 1 aliphatic rings. The molecule has 3 amide bonds. The maximum atomic E-state index is 12.5. The summed E-state index contributed by atoms with van der Waals surface area (Å²) in [6.07, 6.45) is 2.96. The van der Waals surface area contributed by atoms with Gasteiger partial charge in [0.05, 0.1) is 18.4 Å². The van der Waals surface area contributed by atoms with Crippen molar-refractivity contribution in [2.24, 2.45) is 0 Å².